The topological polar surface area (TPSA) is 115 Å². The third-order valence-electron chi connectivity index (χ3n) is 5.28. The van der Waals surface area contributed by atoms with E-state index in [1.165, 1.54) is 18.7 Å². The normalized spacial score (nSPS) is 14.6. The minimum absolute atomic E-state index is 0.246. The molecule has 0 bridgehead atoms. The van der Waals surface area contributed by atoms with Crippen molar-refractivity contribution in [2.45, 2.75) is 31.3 Å². The van der Waals surface area contributed by atoms with Crippen LogP contribution in [0.25, 0.3) is 0 Å². The number of nitrogens with one attached hydrogen (secondary N) is 2. The minimum Gasteiger partial charge on any atom is -0.497 e. The van der Waals surface area contributed by atoms with Crippen LogP contribution in [0.3, 0.4) is 0 Å². The first-order valence-electron chi connectivity index (χ1n) is 10.3. The lowest BCUT2D eigenvalue weighted by molar-refractivity contribution is -0.124. The fourth-order valence-electron chi connectivity index (χ4n) is 3.17. The second-order valence-corrected chi connectivity index (χ2v) is 8.53. The highest BCUT2D eigenvalue weighted by Gasteiger charge is 2.51. The van der Waals surface area contributed by atoms with Gasteiger partial charge in [0.15, 0.2) is 0 Å². The maximum atomic E-state index is 12.9. The first kappa shape index (κ1) is 22.7. The largest absolute Gasteiger partial charge is 0.497 e. The number of pyridine rings is 1. The molecule has 0 unspecified atom stereocenters. The van der Waals surface area contributed by atoms with Gasteiger partial charge in [0.05, 0.1) is 35.1 Å². The number of carbonyl (C=O) groups excluding carboxylic acids is 2. The van der Waals surface area contributed by atoms with Crippen molar-refractivity contribution in [1.82, 2.24) is 25.6 Å². The molecule has 0 spiro atoms. The number of methoxy groups -OCH3 is 1. The molecule has 3 aromatic rings. The fraction of sp³-hybridized carbons (Fsp3) is 0.261. The zero-order chi connectivity index (χ0) is 23.4. The number of amides is 2. The number of aromatic nitrogens is 3. The predicted octanol–water partition coefficient (Wildman–Crippen LogP) is 3.57. The van der Waals surface area contributed by atoms with Crippen molar-refractivity contribution >= 4 is 27.7 Å². The molecular formula is C23H22BrN5O4. The van der Waals surface area contributed by atoms with Crippen LogP contribution >= 0.6 is 15.9 Å². The smallest absolute Gasteiger partial charge is 0.255 e. The number of halogens is 1. The van der Waals surface area contributed by atoms with Gasteiger partial charge in [0, 0.05) is 12.4 Å². The average Bonchev–Trinajstić information content (AvgIpc) is 3.62. The van der Waals surface area contributed by atoms with Gasteiger partial charge in [-0.05, 0) is 66.0 Å². The van der Waals surface area contributed by atoms with Crippen molar-refractivity contribution < 1.29 is 19.1 Å². The highest BCUT2D eigenvalue weighted by molar-refractivity contribution is 9.10. The summed E-state index contributed by atoms with van der Waals surface area (Å²) in [7, 11) is 1.60. The molecule has 2 amide bonds. The molecule has 4 rings (SSSR count). The molecule has 1 aliphatic rings. The summed E-state index contributed by atoms with van der Waals surface area (Å²) in [5.41, 5.74) is 0.0682. The van der Waals surface area contributed by atoms with E-state index in [-0.39, 0.29) is 17.9 Å². The van der Waals surface area contributed by atoms with Crippen molar-refractivity contribution in [3.8, 4) is 17.2 Å². The molecule has 1 aliphatic carbocycles. The van der Waals surface area contributed by atoms with Crippen LogP contribution in [0.2, 0.25) is 0 Å². The molecule has 0 aliphatic heterocycles. The van der Waals surface area contributed by atoms with Gasteiger partial charge in [0.25, 0.3) is 5.91 Å². The van der Waals surface area contributed by atoms with Gasteiger partial charge < -0.3 is 20.1 Å². The van der Waals surface area contributed by atoms with E-state index in [4.69, 9.17) is 9.47 Å². The van der Waals surface area contributed by atoms with Gasteiger partial charge in [-0.2, -0.15) is 0 Å². The van der Waals surface area contributed by atoms with Gasteiger partial charge in [0.1, 0.15) is 29.1 Å². The third-order valence-corrected chi connectivity index (χ3v) is 5.90. The maximum Gasteiger partial charge on any atom is 0.255 e. The molecule has 1 atom stereocenters. The Morgan fingerprint density at radius 1 is 1.09 bits per heavy atom. The molecule has 170 valence electrons. The Kier molecular flexibility index (Phi) is 6.55. The molecule has 1 fully saturated rings. The molecule has 1 aromatic carbocycles. The third kappa shape index (κ3) is 5.28. The van der Waals surface area contributed by atoms with Crippen molar-refractivity contribution in [2.24, 2.45) is 0 Å². The summed E-state index contributed by atoms with van der Waals surface area (Å²) in [4.78, 5) is 37.3. The molecule has 0 saturated heterocycles. The number of benzene rings is 1. The number of hydrogen-bond donors (Lipinski definition) is 2. The highest BCUT2D eigenvalue weighted by atomic mass is 79.9. The first-order chi connectivity index (χ1) is 15.9. The van der Waals surface area contributed by atoms with Gasteiger partial charge >= 0.3 is 0 Å². The van der Waals surface area contributed by atoms with Crippen molar-refractivity contribution in [3.63, 3.8) is 0 Å². The van der Waals surface area contributed by atoms with E-state index < -0.39 is 5.54 Å². The van der Waals surface area contributed by atoms with Gasteiger partial charge in [0.2, 0.25) is 5.91 Å². The zero-order valence-electron chi connectivity index (χ0n) is 18.0. The van der Waals surface area contributed by atoms with Crippen LogP contribution in [-0.4, -0.2) is 39.4 Å². The lowest BCUT2D eigenvalue weighted by Crippen LogP contribution is -2.49. The SMILES string of the molecule is COc1ccc(Oc2ccc([C@@H](C)NC(=O)C3(NC(=O)c4cncnc4)CC3)nc2)c(Br)c1. The maximum absolute atomic E-state index is 12.9. The van der Waals surface area contributed by atoms with E-state index in [1.807, 2.05) is 13.0 Å². The van der Waals surface area contributed by atoms with Crippen molar-refractivity contribution in [2.75, 3.05) is 7.11 Å². The standard InChI is InChI=1S/C23H22BrN5O4/c1-14(28-22(31)23(7-8-23)29-21(30)15-10-25-13-26-11-15)19-5-3-17(12-27-19)33-20-6-4-16(32-2)9-18(20)24/h3-6,9-14H,7-8H2,1-2H3,(H,28,31)(H,29,30)/t14-/m1/s1. The van der Waals surface area contributed by atoms with Gasteiger partial charge in [-0.25, -0.2) is 9.97 Å². The second-order valence-electron chi connectivity index (χ2n) is 7.68. The number of carbonyl (C=O) groups is 2. The zero-order valence-corrected chi connectivity index (χ0v) is 19.6. The van der Waals surface area contributed by atoms with Crippen LogP contribution in [0.1, 0.15) is 41.9 Å². The Bertz CT molecular complexity index is 1150. The van der Waals surface area contributed by atoms with Crippen LogP contribution < -0.4 is 20.1 Å². The van der Waals surface area contributed by atoms with Crippen LogP contribution in [-0.2, 0) is 4.79 Å². The number of nitrogens with zero attached hydrogens (tertiary/aromatic N) is 3. The van der Waals surface area contributed by atoms with Crippen LogP contribution in [0.4, 0.5) is 0 Å². The van der Waals surface area contributed by atoms with Gasteiger partial charge in [-0.3, -0.25) is 14.6 Å². The average molecular weight is 512 g/mol. The summed E-state index contributed by atoms with van der Waals surface area (Å²) < 4.78 is 11.8. The van der Waals surface area contributed by atoms with Gasteiger partial charge in [-0.1, -0.05) is 0 Å². The summed E-state index contributed by atoms with van der Waals surface area (Å²) in [6.07, 6.45) is 6.91. The van der Waals surface area contributed by atoms with Crippen LogP contribution in [0, 0.1) is 0 Å². The van der Waals surface area contributed by atoms with Crippen molar-refractivity contribution in [3.05, 3.63) is 71.0 Å². The van der Waals surface area contributed by atoms with E-state index >= 15 is 0 Å². The molecular weight excluding hydrogens is 490 g/mol. The summed E-state index contributed by atoms with van der Waals surface area (Å²) in [5.74, 6) is 1.28. The Balaban J connectivity index is 1.36. The quantitative estimate of drug-likeness (QED) is 0.474. The number of hydrogen-bond acceptors (Lipinski definition) is 7. The first-order valence-corrected chi connectivity index (χ1v) is 11.1. The number of ether oxygens (including phenoxy) is 2. The molecule has 1 saturated carbocycles. The summed E-state index contributed by atoms with van der Waals surface area (Å²) in [6, 6.07) is 8.63. The monoisotopic (exact) mass is 511 g/mol. The van der Waals surface area contributed by atoms with Gasteiger partial charge in [-0.15, -0.1) is 0 Å². The van der Waals surface area contributed by atoms with E-state index in [0.717, 1.165) is 4.47 Å². The van der Waals surface area contributed by atoms with E-state index in [2.05, 4.69) is 41.5 Å². The highest BCUT2D eigenvalue weighted by Crippen LogP contribution is 2.37. The molecule has 2 heterocycles. The molecule has 10 heteroatoms. The van der Waals surface area contributed by atoms with E-state index in [9.17, 15) is 9.59 Å². The summed E-state index contributed by atoms with van der Waals surface area (Å²) in [6.45, 7) is 1.84. The summed E-state index contributed by atoms with van der Waals surface area (Å²) >= 11 is 3.46. The Morgan fingerprint density at radius 2 is 1.82 bits per heavy atom. The molecule has 33 heavy (non-hydrogen) atoms. The Hall–Kier alpha value is -3.53. The molecule has 0 radical (unpaired) electrons. The molecule has 9 nitrogen and oxygen atoms in total. The lowest BCUT2D eigenvalue weighted by Gasteiger charge is -2.20. The van der Waals surface area contributed by atoms with Crippen LogP contribution in [0.15, 0.2) is 59.7 Å². The fourth-order valence-corrected chi connectivity index (χ4v) is 3.61. The van der Waals surface area contributed by atoms with Crippen molar-refractivity contribution in [1.29, 1.82) is 0 Å². The minimum atomic E-state index is -0.912. The predicted molar refractivity (Wildman–Crippen MR) is 123 cm³/mol. The lowest BCUT2D eigenvalue weighted by atomic mass is 10.1. The Labute approximate surface area is 199 Å². The molecule has 2 aromatic heterocycles. The number of rotatable bonds is 8. The van der Waals surface area contributed by atoms with E-state index in [1.54, 1.807) is 37.6 Å². The molecule has 2 N–H and O–H groups in total. The summed E-state index contributed by atoms with van der Waals surface area (Å²) in [5, 5.41) is 5.74. The van der Waals surface area contributed by atoms with Crippen LogP contribution in [0.5, 0.6) is 17.2 Å². The second kappa shape index (κ2) is 9.53. The van der Waals surface area contributed by atoms with E-state index in [0.29, 0.717) is 41.3 Å². The Morgan fingerprint density at radius 3 is 2.42 bits per heavy atom.